The van der Waals surface area contributed by atoms with Gasteiger partial charge in [-0.3, -0.25) is 9.59 Å². The van der Waals surface area contributed by atoms with E-state index in [4.69, 9.17) is 0 Å². The van der Waals surface area contributed by atoms with Crippen LogP contribution in [0.25, 0.3) is 22.4 Å². The number of carbonyl (C=O) groups excluding carboxylic acids is 2. The first-order chi connectivity index (χ1) is 12.7. The van der Waals surface area contributed by atoms with E-state index in [0.29, 0.717) is 32.6 Å². The van der Waals surface area contributed by atoms with Crippen LogP contribution in [0, 0.1) is 0 Å². The lowest BCUT2D eigenvalue weighted by atomic mass is 10.1. The van der Waals surface area contributed by atoms with E-state index in [-0.39, 0.29) is 5.91 Å². The van der Waals surface area contributed by atoms with Gasteiger partial charge in [0.25, 0.3) is 0 Å². The Hall–Kier alpha value is -3.15. The molecule has 0 atom stereocenters. The lowest BCUT2D eigenvalue weighted by Crippen LogP contribution is -2.48. The van der Waals surface area contributed by atoms with Crippen LogP contribution >= 0.6 is 0 Å². The summed E-state index contributed by atoms with van der Waals surface area (Å²) in [4.78, 5) is 34.8. The Kier molecular flexibility index (Phi) is 4.39. The standard InChI is InChI=1S/C20H20N4O2/c25-14-23-8-10-24(11-9-23)19(26)13-15-6-7-17-18(12-15)22-20(21-17)16-4-2-1-3-5-16/h1-7,12,14H,8-11,13H2,(H,21,22). The number of amides is 2. The monoisotopic (exact) mass is 348 g/mol. The van der Waals surface area contributed by atoms with Crippen LogP contribution in [0.4, 0.5) is 0 Å². The summed E-state index contributed by atoms with van der Waals surface area (Å²) in [6.07, 6.45) is 1.20. The Balaban J connectivity index is 1.49. The van der Waals surface area contributed by atoms with Gasteiger partial charge in [-0.15, -0.1) is 0 Å². The number of nitrogens with zero attached hydrogens (tertiary/aromatic N) is 3. The summed E-state index contributed by atoms with van der Waals surface area (Å²) in [5.74, 6) is 0.923. The van der Waals surface area contributed by atoms with Crippen molar-refractivity contribution in [2.24, 2.45) is 0 Å². The van der Waals surface area contributed by atoms with Crippen LogP contribution in [0.5, 0.6) is 0 Å². The maximum atomic E-state index is 12.5. The second-order valence-corrected chi connectivity index (χ2v) is 6.50. The zero-order valence-corrected chi connectivity index (χ0v) is 14.4. The fourth-order valence-electron chi connectivity index (χ4n) is 3.26. The number of fused-ring (bicyclic) bond motifs is 1. The number of rotatable bonds is 4. The van der Waals surface area contributed by atoms with Gasteiger partial charge in [0.2, 0.25) is 12.3 Å². The average molecular weight is 348 g/mol. The number of carbonyl (C=O) groups is 2. The Bertz CT molecular complexity index is 927. The number of piperazine rings is 1. The SMILES string of the molecule is O=CN1CCN(C(=O)Cc2ccc3nc(-c4ccccc4)[nH]c3c2)CC1. The summed E-state index contributed by atoms with van der Waals surface area (Å²) in [7, 11) is 0. The molecule has 0 bridgehead atoms. The molecule has 1 aromatic heterocycles. The molecule has 26 heavy (non-hydrogen) atoms. The van der Waals surface area contributed by atoms with Gasteiger partial charge >= 0.3 is 0 Å². The topological polar surface area (TPSA) is 69.3 Å². The number of H-pyrrole nitrogens is 1. The molecule has 2 heterocycles. The van der Waals surface area contributed by atoms with Gasteiger partial charge in [-0.05, 0) is 17.7 Å². The van der Waals surface area contributed by atoms with Crippen LogP contribution in [-0.2, 0) is 16.0 Å². The number of aromatic amines is 1. The zero-order valence-electron chi connectivity index (χ0n) is 14.4. The molecule has 1 N–H and O–H groups in total. The average Bonchev–Trinajstić information content (AvgIpc) is 3.12. The molecule has 4 rings (SSSR count). The highest BCUT2D eigenvalue weighted by Gasteiger charge is 2.20. The summed E-state index contributed by atoms with van der Waals surface area (Å²) in [6.45, 7) is 2.41. The van der Waals surface area contributed by atoms with Gasteiger partial charge in [-0.1, -0.05) is 36.4 Å². The van der Waals surface area contributed by atoms with Gasteiger partial charge in [0.1, 0.15) is 5.82 Å². The van der Waals surface area contributed by atoms with E-state index in [1.54, 1.807) is 4.90 Å². The molecule has 0 saturated carbocycles. The number of imidazole rings is 1. The normalized spacial score (nSPS) is 14.6. The molecule has 0 spiro atoms. The van der Waals surface area contributed by atoms with E-state index in [1.165, 1.54) is 0 Å². The van der Waals surface area contributed by atoms with Gasteiger partial charge in [0, 0.05) is 31.7 Å². The van der Waals surface area contributed by atoms with Crippen LogP contribution in [0.2, 0.25) is 0 Å². The van der Waals surface area contributed by atoms with E-state index in [2.05, 4.69) is 9.97 Å². The van der Waals surface area contributed by atoms with Crippen molar-refractivity contribution >= 4 is 23.4 Å². The molecule has 0 radical (unpaired) electrons. The summed E-state index contributed by atoms with van der Waals surface area (Å²) in [6, 6.07) is 15.9. The quantitative estimate of drug-likeness (QED) is 0.734. The minimum atomic E-state index is 0.0951. The highest BCUT2D eigenvalue weighted by atomic mass is 16.2. The van der Waals surface area contributed by atoms with E-state index in [9.17, 15) is 9.59 Å². The second-order valence-electron chi connectivity index (χ2n) is 6.50. The van der Waals surface area contributed by atoms with E-state index in [1.807, 2.05) is 53.4 Å². The lowest BCUT2D eigenvalue weighted by molar-refractivity contribution is -0.134. The largest absolute Gasteiger partial charge is 0.342 e. The molecule has 1 aliphatic rings. The predicted molar refractivity (Wildman–Crippen MR) is 99.5 cm³/mol. The van der Waals surface area contributed by atoms with E-state index in [0.717, 1.165) is 34.4 Å². The number of aromatic nitrogens is 2. The number of hydrogen-bond acceptors (Lipinski definition) is 3. The molecule has 0 aliphatic carbocycles. The minimum Gasteiger partial charge on any atom is -0.342 e. The molecule has 0 unspecified atom stereocenters. The first kappa shape index (κ1) is 16.3. The van der Waals surface area contributed by atoms with Crippen LogP contribution in [0.15, 0.2) is 48.5 Å². The third-order valence-corrected chi connectivity index (χ3v) is 4.76. The van der Waals surface area contributed by atoms with Crippen molar-refractivity contribution in [3.05, 3.63) is 54.1 Å². The second kappa shape index (κ2) is 7.00. The molecule has 1 aliphatic heterocycles. The van der Waals surface area contributed by atoms with Gasteiger partial charge in [0.05, 0.1) is 17.5 Å². The Morgan fingerprint density at radius 2 is 1.85 bits per heavy atom. The molecule has 2 aromatic carbocycles. The number of hydrogen-bond donors (Lipinski definition) is 1. The van der Waals surface area contributed by atoms with Crippen LogP contribution in [-0.4, -0.2) is 58.3 Å². The van der Waals surface area contributed by atoms with Gasteiger partial charge < -0.3 is 14.8 Å². The van der Waals surface area contributed by atoms with Crippen LogP contribution in [0.3, 0.4) is 0 Å². The maximum absolute atomic E-state index is 12.5. The smallest absolute Gasteiger partial charge is 0.227 e. The molecule has 1 fully saturated rings. The van der Waals surface area contributed by atoms with Crippen LogP contribution in [0.1, 0.15) is 5.56 Å². The van der Waals surface area contributed by atoms with Crippen molar-refractivity contribution in [2.45, 2.75) is 6.42 Å². The maximum Gasteiger partial charge on any atom is 0.227 e. The third-order valence-electron chi connectivity index (χ3n) is 4.76. The Labute approximate surface area is 151 Å². The van der Waals surface area contributed by atoms with Crippen molar-refractivity contribution in [1.29, 1.82) is 0 Å². The highest BCUT2D eigenvalue weighted by molar-refractivity contribution is 5.83. The van der Waals surface area contributed by atoms with Gasteiger partial charge in [-0.2, -0.15) is 0 Å². The predicted octanol–water partition coefficient (Wildman–Crippen LogP) is 2.07. The molecule has 132 valence electrons. The van der Waals surface area contributed by atoms with E-state index >= 15 is 0 Å². The van der Waals surface area contributed by atoms with Crippen LogP contribution < -0.4 is 0 Å². The number of benzene rings is 2. The summed E-state index contributed by atoms with van der Waals surface area (Å²) in [5.41, 5.74) is 3.82. The molecule has 2 amide bonds. The van der Waals surface area contributed by atoms with Crippen molar-refractivity contribution in [1.82, 2.24) is 19.8 Å². The fraction of sp³-hybridized carbons (Fsp3) is 0.250. The first-order valence-electron chi connectivity index (χ1n) is 8.74. The Morgan fingerprint density at radius 1 is 1.08 bits per heavy atom. The Morgan fingerprint density at radius 3 is 2.58 bits per heavy atom. The third kappa shape index (κ3) is 3.31. The molecule has 3 aromatic rings. The minimum absolute atomic E-state index is 0.0951. The lowest BCUT2D eigenvalue weighted by Gasteiger charge is -2.32. The highest BCUT2D eigenvalue weighted by Crippen LogP contribution is 2.21. The van der Waals surface area contributed by atoms with Crippen molar-refractivity contribution in [3.8, 4) is 11.4 Å². The van der Waals surface area contributed by atoms with Gasteiger partial charge in [-0.25, -0.2) is 4.98 Å². The van der Waals surface area contributed by atoms with Crippen molar-refractivity contribution < 1.29 is 9.59 Å². The first-order valence-corrected chi connectivity index (χ1v) is 8.74. The summed E-state index contributed by atoms with van der Waals surface area (Å²) < 4.78 is 0. The summed E-state index contributed by atoms with van der Waals surface area (Å²) in [5, 5.41) is 0. The zero-order chi connectivity index (χ0) is 17.9. The molecular formula is C20H20N4O2. The molecule has 6 heteroatoms. The molecule has 6 nitrogen and oxygen atoms in total. The molecular weight excluding hydrogens is 328 g/mol. The number of nitrogens with one attached hydrogen (secondary N) is 1. The summed E-state index contributed by atoms with van der Waals surface area (Å²) >= 11 is 0. The van der Waals surface area contributed by atoms with Gasteiger partial charge in [0.15, 0.2) is 0 Å². The van der Waals surface area contributed by atoms with Crippen molar-refractivity contribution in [2.75, 3.05) is 26.2 Å². The van der Waals surface area contributed by atoms with E-state index < -0.39 is 0 Å². The molecule has 1 saturated heterocycles. The fourth-order valence-corrected chi connectivity index (χ4v) is 3.26. The van der Waals surface area contributed by atoms with Crippen molar-refractivity contribution in [3.63, 3.8) is 0 Å².